The lowest BCUT2D eigenvalue weighted by Gasteiger charge is -2.37. The number of hydrogen-bond donors (Lipinski definition) is 3. The summed E-state index contributed by atoms with van der Waals surface area (Å²) in [4.78, 5) is 29.6. The van der Waals surface area contributed by atoms with Gasteiger partial charge in [-0.1, -0.05) is 109 Å². The van der Waals surface area contributed by atoms with Gasteiger partial charge in [-0.3, -0.25) is 9.36 Å². The predicted molar refractivity (Wildman–Crippen MR) is 169 cm³/mol. The van der Waals surface area contributed by atoms with Crippen molar-refractivity contribution in [2.45, 2.75) is 37.1 Å². The summed E-state index contributed by atoms with van der Waals surface area (Å²) in [5.74, 6) is -0.365. The van der Waals surface area contributed by atoms with Crippen molar-refractivity contribution in [2.24, 2.45) is 0 Å². The van der Waals surface area contributed by atoms with Gasteiger partial charge in [0.05, 0.1) is 6.61 Å². The maximum atomic E-state index is 13.0. The number of amides is 1. The van der Waals surface area contributed by atoms with E-state index in [1.807, 2.05) is 110 Å². The van der Waals surface area contributed by atoms with Crippen molar-refractivity contribution < 1.29 is 24.5 Å². The summed E-state index contributed by atoms with van der Waals surface area (Å²) < 4.78 is 13.9. The van der Waals surface area contributed by atoms with Gasteiger partial charge in [0.2, 0.25) is 0 Å². The highest BCUT2D eigenvalue weighted by Gasteiger charge is 2.46. The lowest BCUT2D eigenvalue weighted by atomic mass is 9.80. The summed E-state index contributed by atoms with van der Waals surface area (Å²) in [5.41, 5.74) is 2.22. The quantitative estimate of drug-likeness (QED) is 0.213. The average Bonchev–Trinajstić information content (AvgIpc) is 3.35. The van der Waals surface area contributed by atoms with E-state index >= 15 is 0 Å². The van der Waals surface area contributed by atoms with E-state index < -0.39 is 41.7 Å². The number of carbonyl (C=O) groups is 1. The molecule has 1 aliphatic heterocycles. The van der Waals surface area contributed by atoms with Gasteiger partial charge in [0, 0.05) is 11.8 Å². The fraction of sp³-hybridized carbons (Fsp3) is 0.194. The van der Waals surface area contributed by atoms with E-state index in [0.717, 1.165) is 26.8 Å². The molecule has 0 aliphatic carbocycles. The Labute approximate surface area is 260 Å². The number of ether oxygens (including phenoxy) is 2. The van der Waals surface area contributed by atoms with Crippen molar-refractivity contribution >= 4 is 11.7 Å². The largest absolute Gasteiger partial charge is 0.387 e. The van der Waals surface area contributed by atoms with Gasteiger partial charge in [0.1, 0.15) is 29.7 Å². The maximum Gasteiger partial charge on any atom is 0.351 e. The third-order valence-corrected chi connectivity index (χ3v) is 8.00. The highest BCUT2D eigenvalue weighted by molar-refractivity contribution is 6.03. The van der Waals surface area contributed by atoms with E-state index in [1.54, 1.807) is 12.1 Å². The molecule has 6 rings (SSSR count). The van der Waals surface area contributed by atoms with Crippen molar-refractivity contribution in [3.8, 4) is 0 Å². The molecule has 9 heteroatoms. The van der Waals surface area contributed by atoms with Crippen LogP contribution < -0.4 is 11.0 Å². The standard InChI is InChI=1S/C36H33N3O6/c1-24-17-19-25(20-18-24)33(42)37-30-21-22-39(35(43)38-30)34-32(41)31(40)29(45-34)23-44-36(26-11-5-2-6-12-26,27-13-7-3-8-14-27)28-15-9-4-10-16-28/h2-22,29,31-32,34,40-41H,23H2,1H3,(H,37,38,42,43)/t29-,31+,32+,34-/m0/s1. The Hall–Kier alpha value is -4.93. The molecule has 228 valence electrons. The van der Waals surface area contributed by atoms with E-state index in [4.69, 9.17) is 9.47 Å². The Bertz CT molecular complexity index is 1700. The maximum absolute atomic E-state index is 13.0. The molecule has 1 saturated heterocycles. The number of hydrogen-bond acceptors (Lipinski definition) is 7. The van der Waals surface area contributed by atoms with Gasteiger partial charge >= 0.3 is 5.69 Å². The molecular formula is C36H33N3O6. The molecule has 0 bridgehead atoms. The fourth-order valence-electron chi connectivity index (χ4n) is 5.64. The summed E-state index contributed by atoms with van der Waals surface area (Å²) in [5, 5.41) is 24.7. The van der Waals surface area contributed by atoms with Crippen LogP contribution >= 0.6 is 0 Å². The van der Waals surface area contributed by atoms with Crippen LogP contribution in [0.2, 0.25) is 0 Å². The zero-order valence-electron chi connectivity index (χ0n) is 24.6. The first-order valence-electron chi connectivity index (χ1n) is 14.7. The third kappa shape index (κ3) is 6.07. The molecule has 4 aromatic carbocycles. The molecule has 9 nitrogen and oxygen atoms in total. The number of nitrogens with zero attached hydrogens (tertiary/aromatic N) is 2. The van der Waals surface area contributed by atoms with Crippen molar-refractivity contribution in [2.75, 3.05) is 11.9 Å². The molecule has 0 spiro atoms. The molecule has 1 fully saturated rings. The van der Waals surface area contributed by atoms with E-state index in [9.17, 15) is 19.8 Å². The minimum Gasteiger partial charge on any atom is -0.387 e. The molecule has 5 aromatic rings. The summed E-state index contributed by atoms with van der Waals surface area (Å²) >= 11 is 0. The predicted octanol–water partition coefficient (Wildman–Crippen LogP) is 4.43. The lowest BCUT2D eigenvalue weighted by Crippen LogP contribution is -2.39. The molecule has 0 radical (unpaired) electrons. The number of nitrogens with one attached hydrogen (secondary N) is 1. The second-order valence-electron chi connectivity index (χ2n) is 11.0. The van der Waals surface area contributed by atoms with Gasteiger partial charge in [-0.05, 0) is 41.8 Å². The van der Waals surface area contributed by atoms with Gasteiger partial charge in [0.15, 0.2) is 6.23 Å². The first-order chi connectivity index (χ1) is 21.9. The van der Waals surface area contributed by atoms with Crippen LogP contribution in [-0.2, 0) is 15.1 Å². The summed E-state index contributed by atoms with van der Waals surface area (Å²) in [7, 11) is 0. The molecular weight excluding hydrogens is 570 g/mol. The summed E-state index contributed by atoms with van der Waals surface area (Å²) in [6, 6.07) is 37.7. The van der Waals surface area contributed by atoms with Crippen LogP contribution in [0, 0.1) is 6.92 Å². The van der Waals surface area contributed by atoms with Gasteiger partial charge in [-0.25, -0.2) is 4.79 Å². The fourth-order valence-corrected chi connectivity index (χ4v) is 5.64. The highest BCUT2D eigenvalue weighted by Crippen LogP contribution is 2.41. The monoisotopic (exact) mass is 603 g/mol. The number of aryl methyl sites for hydroxylation is 1. The van der Waals surface area contributed by atoms with Crippen molar-refractivity contribution in [3.63, 3.8) is 0 Å². The van der Waals surface area contributed by atoms with Crippen LogP contribution in [0.4, 0.5) is 5.82 Å². The van der Waals surface area contributed by atoms with E-state index in [0.29, 0.717) is 5.56 Å². The van der Waals surface area contributed by atoms with Gasteiger partial charge in [-0.2, -0.15) is 4.98 Å². The molecule has 1 aliphatic rings. The van der Waals surface area contributed by atoms with Crippen molar-refractivity contribution in [1.82, 2.24) is 9.55 Å². The second kappa shape index (κ2) is 13.0. The van der Waals surface area contributed by atoms with E-state index in [-0.39, 0.29) is 12.4 Å². The first kappa shape index (κ1) is 30.1. The van der Waals surface area contributed by atoms with Crippen LogP contribution in [0.25, 0.3) is 0 Å². The Kier molecular flexibility index (Phi) is 8.68. The van der Waals surface area contributed by atoms with Gasteiger partial charge < -0.3 is 25.0 Å². The number of carbonyl (C=O) groups excluding carboxylic acids is 1. The minimum absolute atomic E-state index is 0.0492. The van der Waals surface area contributed by atoms with Crippen LogP contribution in [-0.4, -0.2) is 50.6 Å². The number of aromatic nitrogens is 2. The smallest absolute Gasteiger partial charge is 0.351 e. The Morgan fingerprint density at radius 2 is 1.36 bits per heavy atom. The minimum atomic E-state index is -1.44. The van der Waals surface area contributed by atoms with Crippen LogP contribution in [0.5, 0.6) is 0 Å². The number of anilines is 1. The Balaban J connectivity index is 1.25. The van der Waals surface area contributed by atoms with Gasteiger partial charge in [0.25, 0.3) is 5.91 Å². The average molecular weight is 604 g/mol. The number of aliphatic hydroxyl groups excluding tert-OH is 2. The number of rotatable bonds is 9. The van der Waals surface area contributed by atoms with E-state index in [2.05, 4.69) is 10.3 Å². The second-order valence-corrected chi connectivity index (χ2v) is 11.0. The normalized spacial score (nSPS) is 19.7. The zero-order chi connectivity index (χ0) is 31.4. The van der Waals surface area contributed by atoms with Crippen LogP contribution in [0.15, 0.2) is 132 Å². The van der Waals surface area contributed by atoms with Crippen molar-refractivity contribution in [3.05, 3.63) is 166 Å². The molecule has 2 heterocycles. The molecule has 1 aromatic heterocycles. The number of aliphatic hydroxyl groups is 2. The Morgan fingerprint density at radius 3 is 1.87 bits per heavy atom. The summed E-state index contributed by atoms with van der Waals surface area (Å²) in [6.07, 6.45) is -3.64. The third-order valence-electron chi connectivity index (χ3n) is 8.00. The zero-order valence-corrected chi connectivity index (χ0v) is 24.6. The SMILES string of the molecule is Cc1ccc(C(=O)Nc2ccn([C@H]3O[C@@H](COC(c4ccccc4)(c4ccccc4)c4ccccc4)[C@@H](O)[C@H]3O)c(=O)n2)cc1. The topological polar surface area (TPSA) is 123 Å². The molecule has 0 saturated carbocycles. The lowest BCUT2D eigenvalue weighted by molar-refractivity contribution is -0.0958. The first-order valence-corrected chi connectivity index (χ1v) is 14.7. The Morgan fingerprint density at radius 1 is 0.822 bits per heavy atom. The van der Waals surface area contributed by atoms with Gasteiger partial charge in [-0.15, -0.1) is 0 Å². The molecule has 0 unspecified atom stereocenters. The highest BCUT2D eigenvalue weighted by atomic mass is 16.6. The van der Waals surface area contributed by atoms with E-state index in [1.165, 1.54) is 12.3 Å². The number of benzene rings is 4. The summed E-state index contributed by atoms with van der Waals surface area (Å²) in [6.45, 7) is 1.81. The van der Waals surface area contributed by atoms with Crippen LogP contribution in [0.1, 0.15) is 38.8 Å². The molecule has 45 heavy (non-hydrogen) atoms. The van der Waals surface area contributed by atoms with Crippen molar-refractivity contribution in [1.29, 1.82) is 0 Å². The molecule has 4 atom stereocenters. The molecule has 3 N–H and O–H groups in total. The van der Waals surface area contributed by atoms with Crippen LogP contribution in [0.3, 0.4) is 0 Å². The molecule has 1 amide bonds.